The molecule has 0 radical (unpaired) electrons. The molecule has 0 unspecified atom stereocenters. The third-order valence-electron chi connectivity index (χ3n) is 4.70. The standard InChI is InChI=1S/C20H21N3O7S/c1-2-29-14-8-7-11(9-13(14)23(27)28)20(26)30-10-16(24)22-19-17(18(21)25)12-5-3-4-6-15(12)31-19/h7-9H,2-6,10H2,1H3,(H2,21,25)(H,22,24). The summed E-state index contributed by atoms with van der Waals surface area (Å²) in [6, 6.07) is 3.65. The topological polar surface area (TPSA) is 151 Å². The molecule has 3 N–H and O–H groups in total. The summed E-state index contributed by atoms with van der Waals surface area (Å²) in [5.74, 6) is -2.13. The van der Waals surface area contributed by atoms with Crippen molar-refractivity contribution in [3.05, 3.63) is 49.9 Å². The van der Waals surface area contributed by atoms with Crippen LogP contribution in [0.2, 0.25) is 0 Å². The average molecular weight is 447 g/mol. The third kappa shape index (κ3) is 5.00. The summed E-state index contributed by atoms with van der Waals surface area (Å²) in [7, 11) is 0. The Morgan fingerprint density at radius 1 is 1.26 bits per heavy atom. The van der Waals surface area contributed by atoms with Gasteiger partial charge in [-0.3, -0.25) is 19.7 Å². The Morgan fingerprint density at radius 3 is 2.68 bits per heavy atom. The van der Waals surface area contributed by atoms with Crippen LogP contribution >= 0.6 is 11.3 Å². The minimum atomic E-state index is -0.901. The molecule has 1 aromatic carbocycles. The lowest BCUT2D eigenvalue weighted by atomic mass is 9.95. The minimum Gasteiger partial charge on any atom is -0.487 e. The summed E-state index contributed by atoms with van der Waals surface area (Å²) in [5.41, 5.74) is 6.21. The summed E-state index contributed by atoms with van der Waals surface area (Å²) < 4.78 is 10.1. The van der Waals surface area contributed by atoms with Gasteiger partial charge in [-0.1, -0.05) is 0 Å². The molecular formula is C20H21N3O7S. The van der Waals surface area contributed by atoms with E-state index in [-0.39, 0.29) is 23.6 Å². The van der Waals surface area contributed by atoms with Gasteiger partial charge in [-0.25, -0.2) is 4.79 Å². The van der Waals surface area contributed by atoms with Crippen molar-refractivity contribution in [2.45, 2.75) is 32.6 Å². The number of nitrogens with two attached hydrogens (primary N) is 1. The van der Waals surface area contributed by atoms with Crippen LogP contribution in [0.25, 0.3) is 0 Å². The van der Waals surface area contributed by atoms with Crippen LogP contribution in [-0.2, 0) is 22.4 Å². The zero-order chi connectivity index (χ0) is 22.5. The van der Waals surface area contributed by atoms with Crippen molar-refractivity contribution in [2.24, 2.45) is 5.73 Å². The van der Waals surface area contributed by atoms with E-state index < -0.39 is 29.3 Å². The molecule has 164 valence electrons. The maximum atomic E-state index is 12.3. The van der Waals surface area contributed by atoms with Crippen LogP contribution in [0.5, 0.6) is 5.75 Å². The fraction of sp³-hybridized carbons (Fsp3) is 0.350. The molecule has 0 atom stereocenters. The first kappa shape index (κ1) is 22.2. The monoisotopic (exact) mass is 447 g/mol. The number of nitro groups is 1. The van der Waals surface area contributed by atoms with E-state index in [1.807, 2.05) is 0 Å². The van der Waals surface area contributed by atoms with E-state index in [2.05, 4.69) is 5.32 Å². The molecule has 31 heavy (non-hydrogen) atoms. The molecule has 0 saturated heterocycles. The van der Waals surface area contributed by atoms with Gasteiger partial charge < -0.3 is 20.5 Å². The van der Waals surface area contributed by atoms with Crippen molar-refractivity contribution in [2.75, 3.05) is 18.5 Å². The van der Waals surface area contributed by atoms with Crippen molar-refractivity contribution in [3.63, 3.8) is 0 Å². The van der Waals surface area contributed by atoms with Crippen molar-refractivity contribution >= 4 is 39.8 Å². The molecule has 0 bridgehead atoms. The van der Waals surface area contributed by atoms with E-state index >= 15 is 0 Å². The smallest absolute Gasteiger partial charge is 0.338 e. The molecule has 1 aliphatic rings. The Balaban J connectivity index is 1.67. The van der Waals surface area contributed by atoms with E-state index in [0.29, 0.717) is 10.6 Å². The number of nitrogens with one attached hydrogen (secondary N) is 1. The molecular weight excluding hydrogens is 426 g/mol. The van der Waals surface area contributed by atoms with Gasteiger partial charge in [0, 0.05) is 10.9 Å². The zero-order valence-electron chi connectivity index (χ0n) is 16.8. The molecule has 2 amide bonds. The molecule has 0 saturated carbocycles. The molecule has 10 nitrogen and oxygen atoms in total. The minimum absolute atomic E-state index is 0.0300. The number of carbonyl (C=O) groups excluding carboxylic acids is 3. The molecule has 0 fully saturated rings. The number of anilines is 1. The number of esters is 1. The van der Waals surface area contributed by atoms with E-state index in [1.54, 1.807) is 6.92 Å². The predicted molar refractivity (Wildman–Crippen MR) is 113 cm³/mol. The number of nitrogens with zero attached hydrogens (tertiary/aromatic N) is 1. The second-order valence-electron chi connectivity index (χ2n) is 6.78. The number of rotatable bonds is 8. The molecule has 2 aromatic rings. The molecule has 0 spiro atoms. The molecule has 1 aliphatic carbocycles. The molecule has 3 rings (SSSR count). The van der Waals surface area contributed by atoms with Gasteiger partial charge in [0.25, 0.3) is 11.8 Å². The molecule has 1 heterocycles. The van der Waals surface area contributed by atoms with Crippen LogP contribution in [-0.4, -0.2) is 35.9 Å². The van der Waals surface area contributed by atoms with Crippen molar-refractivity contribution < 1.29 is 28.8 Å². The maximum Gasteiger partial charge on any atom is 0.338 e. The summed E-state index contributed by atoms with van der Waals surface area (Å²) in [6.07, 6.45) is 3.50. The van der Waals surface area contributed by atoms with Crippen molar-refractivity contribution in [1.82, 2.24) is 0 Å². The van der Waals surface area contributed by atoms with Crippen LogP contribution in [0.1, 0.15) is 50.9 Å². The van der Waals surface area contributed by atoms with Gasteiger partial charge in [-0.05, 0) is 50.3 Å². The summed E-state index contributed by atoms with van der Waals surface area (Å²) in [6.45, 7) is 1.28. The number of fused-ring (bicyclic) bond motifs is 1. The summed E-state index contributed by atoms with van der Waals surface area (Å²) in [4.78, 5) is 47.9. The Kier molecular flexibility index (Phi) is 6.85. The normalized spacial score (nSPS) is 12.5. The van der Waals surface area contributed by atoms with Crippen LogP contribution < -0.4 is 15.8 Å². The number of nitro benzene ring substituents is 1. The number of thiophene rings is 1. The Bertz CT molecular complexity index is 1050. The highest BCUT2D eigenvalue weighted by atomic mass is 32.1. The Hall–Kier alpha value is -3.47. The van der Waals surface area contributed by atoms with E-state index in [0.717, 1.165) is 42.2 Å². The van der Waals surface area contributed by atoms with Gasteiger partial charge in [0.1, 0.15) is 5.00 Å². The number of aryl methyl sites for hydroxylation is 1. The quantitative estimate of drug-likeness (QED) is 0.359. The molecule has 11 heteroatoms. The lowest BCUT2D eigenvalue weighted by molar-refractivity contribution is -0.385. The van der Waals surface area contributed by atoms with Crippen molar-refractivity contribution in [1.29, 1.82) is 0 Å². The molecule has 1 aromatic heterocycles. The zero-order valence-corrected chi connectivity index (χ0v) is 17.6. The fourth-order valence-electron chi connectivity index (χ4n) is 3.36. The second-order valence-corrected chi connectivity index (χ2v) is 7.88. The Morgan fingerprint density at radius 2 is 2.00 bits per heavy atom. The predicted octanol–water partition coefficient (Wildman–Crippen LogP) is 2.83. The van der Waals surface area contributed by atoms with Crippen LogP contribution in [0.3, 0.4) is 0 Å². The fourth-order valence-corrected chi connectivity index (χ4v) is 4.67. The molecule has 0 aliphatic heterocycles. The second kappa shape index (κ2) is 9.56. The lowest BCUT2D eigenvalue weighted by Crippen LogP contribution is -2.23. The highest BCUT2D eigenvalue weighted by Crippen LogP contribution is 2.37. The SMILES string of the molecule is CCOc1ccc(C(=O)OCC(=O)Nc2sc3c(c2C(N)=O)CCCC3)cc1[N+](=O)[O-]. The highest BCUT2D eigenvalue weighted by Gasteiger charge is 2.25. The van der Waals surface area contributed by atoms with Gasteiger partial charge in [-0.2, -0.15) is 0 Å². The van der Waals surface area contributed by atoms with Gasteiger partial charge in [-0.15, -0.1) is 11.3 Å². The number of benzene rings is 1. The third-order valence-corrected chi connectivity index (χ3v) is 5.90. The van der Waals surface area contributed by atoms with E-state index in [1.165, 1.54) is 23.5 Å². The Labute approximate surface area is 181 Å². The largest absolute Gasteiger partial charge is 0.487 e. The summed E-state index contributed by atoms with van der Waals surface area (Å²) in [5, 5.41) is 14.1. The van der Waals surface area contributed by atoms with Crippen LogP contribution in [0.4, 0.5) is 10.7 Å². The van der Waals surface area contributed by atoms with E-state index in [4.69, 9.17) is 15.2 Å². The first-order valence-corrected chi connectivity index (χ1v) is 10.5. The number of hydrogen-bond acceptors (Lipinski definition) is 8. The van der Waals surface area contributed by atoms with Gasteiger partial charge >= 0.3 is 11.7 Å². The van der Waals surface area contributed by atoms with E-state index in [9.17, 15) is 24.5 Å². The summed E-state index contributed by atoms with van der Waals surface area (Å²) >= 11 is 1.30. The van der Waals surface area contributed by atoms with Gasteiger partial charge in [0.15, 0.2) is 12.4 Å². The first-order chi connectivity index (χ1) is 14.8. The number of carbonyl (C=O) groups is 3. The number of hydrogen-bond donors (Lipinski definition) is 2. The van der Waals surface area contributed by atoms with Crippen LogP contribution in [0.15, 0.2) is 18.2 Å². The number of ether oxygens (including phenoxy) is 2. The average Bonchev–Trinajstić information content (AvgIpc) is 3.10. The number of primary amides is 1. The highest BCUT2D eigenvalue weighted by molar-refractivity contribution is 7.17. The van der Waals surface area contributed by atoms with Crippen LogP contribution in [0, 0.1) is 10.1 Å². The lowest BCUT2D eigenvalue weighted by Gasteiger charge is -2.11. The number of amides is 2. The first-order valence-electron chi connectivity index (χ1n) is 9.64. The van der Waals surface area contributed by atoms with Gasteiger partial charge in [0.05, 0.1) is 22.7 Å². The maximum absolute atomic E-state index is 12.3. The van der Waals surface area contributed by atoms with Crippen molar-refractivity contribution in [3.8, 4) is 5.75 Å². The van der Waals surface area contributed by atoms with Gasteiger partial charge in [0.2, 0.25) is 0 Å².